The van der Waals surface area contributed by atoms with Crippen molar-refractivity contribution >= 4 is 18.0 Å². The number of nitrogens with zero attached hydrogens (tertiary/aromatic N) is 3. The SMILES string of the molecule is CC(C)(C)OC(=O)N1CCC(c2nc(-c3ccc(C=N)c(NC4CC(O)C4)c3)no2)CC1. The van der Waals surface area contributed by atoms with Crippen LogP contribution in [-0.2, 0) is 4.74 Å². The van der Waals surface area contributed by atoms with Gasteiger partial charge in [0.15, 0.2) is 0 Å². The first-order valence-corrected chi connectivity index (χ1v) is 11.1. The number of ether oxygens (including phenoxy) is 1. The highest BCUT2D eigenvalue weighted by Crippen LogP contribution is 2.31. The summed E-state index contributed by atoms with van der Waals surface area (Å²) in [5.41, 5.74) is 1.90. The van der Waals surface area contributed by atoms with E-state index in [2.05, 4.69) is 15.5 Å². The van der Waals surface area contributed by atoms with Crippen LogP contribution in [0.1, 0.15) is 63.8 Å². The summed E-state index contributed by atoms with van der Waals surface area (Å²) in [5, 5.41) is 24.7. The Hall–Kier alpha value is -2.94. The molecule has 1 aromatic heterocycles. The van der Waals surface area contributed by atoms with Crippen LogP contribution in [0.3, 0.4) is 0 Å². The van der Waals surface area contributed by atoms with E-state index in [4.69, 9.17) is 14.7 Å². The van der Waals surface area contributed by atoms with E-state index in [1.807, 2.05) is 39.0 Å². The van der Waals surface area contributed by atoms with Gasteiger partial charge in [-0.3, -0.25) is 0 Å². The summed E-state index contributed by atoms with van der Waals surface area (Å²) in [6, 6.07) is 5.86. The summed E-state index contributed by atoms with van der Waals surface area (Å²) in [6.45, 7) is 6.77. The van der Waals surface area contributed by atoms with E-state index in [0.29, 0.717) is 37.6 Å². The van der Waals surface area contributed by atoms with Crippen LogP contribution >= 0.6 is 0 Å². The van der Waals surface area contributed by atoms with Crippen molar-refractivity contribution in [3.63, 3.8) is 0 Å². The molecule has 1 aliphatic heterocycles. The number of aromatic nitrogens is 2. The minimum absolute atomic E-state index is 0.102. The maximum atomic E-state index is 12.3. The average Bonchev–Trinajstić information content (AvgIpc) is 3.22. The number of anilines is 1. The molecule has 2 aromatic rings. The van der Waals surface area contributed by atoms with Crippen LogP contribution in [0.25, 0.3) is 11.4 Å². The van der Waals surface area contributed by atoms with Gasteiger partial charge in [0.2, 0.25) is 11.7 Å². The molecule has 0 atom stereocenters. The van der Waals surface area contributed by atoms with Crippen LogP contribution in [0.5, 0.6) is 0 Å². The van der Waals surface area contributed by atoms with Gasteiger partial charge in [-0.05, 0) is 52.5 Å². The molecule has 2 heterocycles. The van der Waals surface area contributed by atoms with Gasteiger partial charge < -0.3 is 30.0 Å². The molecule has 1 aromatic carbocycles. The first-order chi connectivity index (χ1) is 15.2. The summed E-state index contributed by atoms with van der Waals surface area (Å²) >= 11 is 0. The smallest absolute Gasteiger partial charge is 0.410 e. The maximum Gasteiger partial charge on any atom is 0.410 e. The molecule has 1 aliphatic carbocycles. The van der Waals surface area contributed by atoms with Crippen LogP contribution in [0, 0.1) is 5.41 Å². The third-order valence-electron chi connectivity index (χ3n) is 5.88. The van der Waals surface area contributed by atoms with E-state index in [0.717, 1.165) is 29.7 Å². The topological polar surface area (TPSA) is 125 Å². The second kappa shape index (κ2) is 8.90. The lowest BCUT2D eigenvalue weighted by molar-refractivity contribution is 0.0198. The zero-order chi connectivity index (χ0) is 22.9. The van der Waals surface area contributed by atoms with E-state index in [9.17, 15) is 9.90 Å². The molecule has 2 fully saturated rings. The molecule has 3 N–H and O–H groups in total. The normalized spacial score (nSPS) is 21.7. The van der Waals surface area contributed by atoms with Crippen LogP contribution in [0.2, 0.25) is 0 Å². The van der Waals surface area contributed by atoms with E-state index < -0.39 is 5.60 Å². The van der Waals surface area contributed by atoms with Crippen LogP contribution in [0.15, 0.2) is 22.7 Å². The fraction of sp³-hybridized carbons (Fsp3) is 0.565. The van der Waals surface area contributed by atoms with Gasteiger partial charge in [-0.25, -0.2) is 4.79 Å². The zero-order valence-corrected chi connectivity index (χ0v) is 18.8. The summed E-state index contributed by atoms with van der Waals surface area (Å²) in [4.78, 5) is 18.6. The van der Waals surface area contributed by atoms with Crippen molar-refractivity contribution in [2.45, 2.75) is 70.1 Å². The van der Waals surface area contributed by atoms with E-state index in [-0.39, 0.29) is 24.2 Å². The molecule has 172 valence electrons. The minimum atomic E-state index is -0.505. The van der Waals surface area contributed by atoms with Gasteiger partial charge in [0, 0.05) is 48.1 Å². The lowest BCUT2D eigenvalue weighted by Crippen LogP contribution is -2.41. The molecule has 0 unspecified atom stereocenters. The lowest BCUT2D eigenvalue weighted by atomic mass is 9.89. The highest BCUT2D eigenvalue weighted by atomic mass is 16.6. The van der Waals surface area contributed by atoms with Gasteiger partial charge in [0.05, 0.1) is 6.10 Å². The van der Waals surface area contributed by atoms with Crippen LogP contribution in [0.4, 0.5) is 10.5 Å². The number of piperidine rings is 1. The fourth-order valence-electron chi connectivity index (χ4n) is 4.03. The molecule has 1 saturated heterocycles. The summed E-state index contributed by atoms with van der Waals surface area (Å²) in [6.07, 6.45) is 3.66. The number of rotatable bonds is 5. The second-order valence-corrected chi connectivity index (χ2v) is 9.61. The molecule has 4 rings (SSSR count). The Balaban J connectivity index is 1.41. The molecular weight excluding hydrogens is 410 g/mol. The Morgan fingerprint density at radius 2 is 2.03 bits per heavy atom. The van der Waals surface area contributed by atoms with Crippen molar-refractivity contribution in [3.8, 4) is 11.4 Å². The van der Waals surface area contributed by atoms with Crippen molar-refractivity contribution in [1.29, 1.82) is 5.41 Å². The molecular formula is C23H31N5O4. The van der Waals surface area contributed by atoms with Crippen molar-refractivity contribution in [3.05, 3.63) is 29.7 Å². The Morgan fingerprint density at radius 3 is 2.66 bits per heavy atom. The average molecular weight is 442 g/mol. The van der Waals surface area contributed by atoms with E-state index >= 15 is 0 Å². The number of likely N-dealkylation sites (tertiary alicyclic amines) is 1. The number of carbonyl (C=O) groups is 1. The Morgan fingerprint density at radius 1 is 1.31 bits per heavy atom. The highest BCUT2D eigenvalue weighted by molar-refractivity contribution is 5.87. The minimum Gasteiger partial charge on any atom is -0.444 e. The monoisotopic (exact) mass is 441 g/mol. The number of aliphatic hydroxyl groups excluding tert-OH is 1. The van der Waals surface area contributed by atoms with Gasteiger partial charge in [-0.1, -0.05) is 17.3 Å². The summed E-state index contributed by atoms with van der Waals surface area (Å²) in [7, 11) is 0. The van der Waals surface area contributed by atoms with E-state index in [1.165, 1.54) is 6.21 Å². The van der Waals surface area contributed by atoms with Crippen molar-refractivity contribution in [2.24, 2.45) is 0 Å². The van der Waals surface area contributed by atoms with E-state index in [1.54, 1.807) is 4.90 Å². The molecule has 0 spiro atoms. The lowest BCUT2D eigenvalue weighted by Gasteiger charge is -2.33. The first-order valence-electron chi connectivity index (χ1n) is 11.1. The molecule has 0 bridgehead atoms. The predicted octanol–water partition coefficient (Wildman–Crippen LogP) is 3.78. The van der Waals surface area contributed by atoms with Gasteiger partial charge in [0.1, 0.15) is 5.60 Å². The predicted molar refractivity (Wildman–Crippen MR) is 120 cm³/mol. The molecule has 2 aliphatic rings. The van der Waals surface area contributed by atoms with Crippen LogP contribution in [-0.4, -0.2) is 63.3 Å². The Bertz CT molecular complexity index is 969. The molecule has 0 radical (unpaired) electrons. The quantitative estimate of drug-likeness (QED) is 0.603. The summed E-state index contributed by atoms with van der Waals surface area (Å²) in [5.74, 6) is 1.18. The number of hydrogen-bond donors (Lipinski definition) is 3. The molecule has 1 saturated carbocycles. The number of nitrogens with one attached hydrogen (secondary N) is 2. The first kappa shape index (κ1) is 22.3. The second-order valence-electron chi connectivity index (χ2n) is 9.61. The van der Waals surface area contributed by atoms with Crippen molar-refractivity contribution in [1.82, 2.24) is 15.0 Å². The Labute approximate surface area is 187 Å². The van der Waals surface area contributed by atoms with Crippen molar-refractivity contribution in [2.75, 3.05) is 18.4 Å². The maximum absolute atomic E-state index is 12.3. The third kappa shape index (κ3) is 5.09. The zero-order valence-electron chi connectivity index (χ0n) is 18.8. The molecule has 32 heavy (non-hydrogen) atoms. The van der Waals surface area contributed by atoms with Gasteiger partial charge in [-0.15, -0.1) is 0 Å². The van der Waals surface area contributed by atoms with Gasteiger partial charge in [0.25, 0.3) is 0 Å². The molecule has 9 nitrogen and oxygen atoms in total. The largest absolute Gasteiger partial charge is 0.444 e. The van der Waals surface area contributed by atoms with Crippen molar-refractivity contribution < 1.29 is 19.2 Å². The highest BCUT2D eigenvalue weighted by Gasteiger charge is 2.30. The summed E-state index contributed by atoms with van der Waals surface area (Å²) < 4.78 is 11.0. The van der Waals surface area contributed by atoms with Crippen LogP contribution < -0.4 is 5.32 Å². The number of hydrogen-bond acceptors (Lipinski definition) is 8. The fourth-order valence-corrected chi connectivity index (χ4v) is 4.03. The van der Waals surface area contributed by atoms with Gasteiger partial charge in [-0.2, -0.15) is 4.98 Å². The number of benzene rings is 1. The standard InChI is InChI=1S/C23H31N5O4/c1-23(2,3)31-22(30)28-8-6-14(7-9-28)21-26-20(27-32-21)15-4-5-16(13-24)19(10-15)25-17-11-18(29)12-17/h4-5,10,13-14,17-18,24-25,29H,6-9,11-12H2,1-3H3. The molecule has 1 amide bonds. The van der Waals surface area contributed by atoms with Gasteiger partial charge >= 0.3 is 6.09 Å². The number of carbonyl (C=O) groups excluding carboxylic acids is 1. The number of aliphatic hydroxyl groups is 1. The Kier molecular flexibility index (Phi) is 6.19. The number of amides is 1. The third-order valence-corrected chi connectivity index (χ3v) is 5.88. The molecule has 9 heteroatoms.